The molecule has 1 rings (SSSR count). The molecule has 0 saturated carbocycles. The summed E-state index contributed by atoms with van der Waals surface area (Å²) in [7, 11) is 0. The van der Waals surface area contributed by atoms with E-state index in [-0.39, 0.29) is 12.2 Å². The minimum absolute atomic E-state index is 0.192. The Bertz CT molecular complexity index is 247. The molecule has 1 heterocycles. The standard InChI is InChI=1S/C12H23NO3/c1-9(2)5-10(3)13-7-12(4,8-13)16-6-11(14)15/h9-10H,5-8H2,1-4H3,(H,14,15). The molecule has 1 N–H and O–H groups in total. The van der Waals surface area contributed by atoms with E-state index < -0.39 is 5.97 Å². The van der Waals surface area contributed by atoms with E-state index in [0.717, 1.165) is 13.1 Å². The quantitative estimate of drug-likeness (QED) is 0.751. The van der Waals surface area contributed by atoms with Crippen LogP contribution in [0.15, 0.2) is 0 Å². The Labute approximate surface area is 97.6 Å². The summed E-state index contributed by atoms with van der Waals surface area (Å²) in [5.41, 5.74) is -0.260. The minimum Gasteiger partial charge on any atom is -0.480 e. The van der Waals surface area contributed by atoms with Crippen LogP contribution in [0, 0.1) is 5.92 Å². The Morgan fingerprint density at radius 2 is 2.00 bits per heavy atom. The van der Waals surface area contributed by atoms with E-state index >= 15 is 0 Å². The highest BCUT2D eigenvalue weighted by atomic mass is 16.5. The Morgan fingerprint density at radius 3 is 2.44 bits per heavy atom. The molecule has 0 aliphatic carbocycles. The largest absolute Gasteiger partial charge is 0.480 e. The van der Waals surface area contributed by atoms with Gasteiger partial charge in [0.05, 0.1) is 5.60 Å². The summed E-state index contributed by atoms with van der Waals surface area (Å²) in [5.74, 6) is -0.198. The molecule has 0 amide bonds. The van der Waals surface area contributed by atoms with Gasteiger partial charge in [-0.3, -0.25) is 4.90 Å². The van der Waals surface area contributed by atoms with Gasteiger partial charge in [-0.2, -0.15) is 0 Å². The first-order valence-corrected chi connectivity index (χ1v) is 5.92. The van der Waals surface area contributed by atoms with Crippen molar-refractivity contribution in [3.63, 3.8) is 0 Å². The molecule has 4 heteroatoms. The number of hydrogen-bond acceptors (Lipinski definition) is 3. The van der Waals surface area contributed by atoms with Gasteiger partial charge in [0, 0.05) is 19.1 Å². The molecule has 94 valence electrons. The van der Waals surface area contributed by atoms with E-state index in [2.05, 4.69) is 25.7 Å². The second-order valence-electron chi connectivity index (χ2n) is 5.52. The maximum Gasteiger partial charge on any atom is 0.329 e. The van der Waals surface area contributed by atoms with Crippen molar-refractivity contribution in [1.29, 1.82) is 0 Å². The van der Waals surface area contributed by atoms with Crippen molar-refractivity contribution in [2.24, 2.45) is 5.92 Å². The van der Waals surface area contributed by atoms with Crippen molar-refractivity contribution in [3.05, 3.63) is 0 Å². The average molecular weight is 229 g/mol. The monoisotopic (exact) mass is 229 g/mol. The van der Waals surface area contributed by atoms with Crippen molar-refractivity contribution in [2.75, 3.05) is 19.7 Å². The van der Waals surface area contributed by atoms with E-state index in [1.165, 1.54) is 6.42 Å². The SMILES string of the molecule is CC(C)CC(C)N1CC(C)(OCC(=O)O)C1. The topological polar surface area (TPSA) is 49.8 Å². The van der Waals surface area contributed by atoms with Crippen LogP contribution in [0.2, 0.25) is 0 Å². The highest BCUT2D eigenvalue weighted by molar-refractivity contribution is 5.68. The van der Waals surface area contributed by atoms with E-state index in [1.54, 1.807) is 0 Å². The number of aliphatic carboxylic acids is 1. The summed E-state index contributed by atoms with van der Waals surface area (Å²) < 4.78 is 5.37. The molecule has 16 heavy (non-hydrogen) atoms. The van der Waals surface area contributed by atoms with Crippen molar-refractivity contribution in [1.82, 2.24) is 4.90 Å². The number of hydrogen-bond donors (Lipinski definition) is 1. The molecule has 1 aliphatic rings. The number of ether oxygens (including phenoxy) is 1. The zero-order valence-corrected chi connectivity index (χ0v) is 10.7. The minimum atomic E-state index is -0.894. The van der Waals surface area contributed by atoms with Crippen LogP contribution in [0.3, 0.4) is 0 Å². The van der Waals surface area contributed by atoms with Gasteiger partial charge in [0.2, 0.25) is 0 Å². The lowest BCUT2D eigenvalue weighted by atomic mass is 9.92. The van der Waals surface area contributed by atoms with Crippen LogP contribution in [0.4, 0.5) is 0 Å². The highest BCUT2D eigenvalue weighted by Crippen LogP contribution is 2.28. The number of rotatable bonds is 6. The molecule has 1 unspecified atom stereocenters. The Hall–Kier alpha value is -0.610. The smallest absolute Gasteiger partial charge is 0.329 e. The molecule has 1 atom stereocenters. The van der Waals surface area contributed by atoms with Gasteiger partial charge in [0.1, 0.15) is 6.61 Å². The average Bonchev–Trinajstić information content (AvgIpc) is 2.09. The lowest BCUT2D eigenvalue weighted by Gasteiger charge is -2.50. The molecule has 0 bridgehead atoms. The van der Waals surface area contributed by atoms with Gasteiger partial charge in [-0.15, -0.1) is 0 Å². The van der Waals surface area contributed by atoms with Crippen molar-refractivity contribution in [2.45, 2.75) is 45.8 Å². The summed E-state index contributed by atoms with van der Waals surface area (Å²) in [5, 5.41) is 8.55. The van der Waals surface area contributed by atoms with Crippen LogP contribution in [-0.2, 0) is 9.53 Å². The fourth-order valence-electron chi connectivity index (χ4n) is 2.28. The maximum atomic E-state index is 10.4. The fourth-order valence-corrected chi connectivity index (χ4v) is 2.28. The highest BCUT2D eigenvalue weighted by Gasteiger charge is 2.42. The third kappa shape index (κ3) is 3.76. The van der Waals surface area contributed by atoms with Crippen LogP contribution >= 0.6 is 0 Å². The zero-order valence-electron chi connectivity index (χ0n) is 10.7. The van der Waals surface area contributed by atoms with E-state index in [4.69, 9.17) is 9.84 Å². The van der Waals surface area contributed by atoms with E-state index in [9.17, 15) is 4.79 Å². The number of carbonyl (C=O) groups is 1. The lowest BCUT2D eigenvalue weighted by Crippen LogP contribution is -2.64. The molecule has 4 nitrogen and oxygen atoms in total. The number of carboxylic acid groups (broad SMARTS) is 1. The third-order valence-electron chi connectivity index (χ3n) is 3.06. The van der Waals surface area contributed by atoms with Crippen LogP contribution in [0.25, 0.3) is 0 Å². The molecule has 0 radical (unpaired) electrons. The summed E-state index contributed by atoms with van der Waals surface area (Å²) in [6.45, 7) is 10.1. The van der Waals surface area contributed by atoms with Crippen LogP contribution in [-0.4, -0.2) is 47.3 Å². The molecular weight excluding hydrogens is 206 g/mol. The zero-order chi connectivity index (χ0) is 12.3. The van der Waals surface area contributed by atoms with Crippen molar-refractivity contribution in [3.8, 4) is 0 Å². The first-order valence-electron chi connectivity index (χ1n) is 5.92. The van der Waals surface area contributed by atoms with Gasteiger partial charge < -0.3 is 9.84 Å². The first kappa shape index (κ1) is 13.5. The van der Waals surface area contributed by atoms with Gasteiger partial charge in [-0.1, -0.05) is 13.8 Å². The van der Waals surface area contributed by atoms with Gasteiger partial charge in [-0.05, 0) is 26.2 Å². The normalized spacial score (nSPS) is 21.8. The molecule has 0 spiro atoms. The summed E-state index contributed by atoms with van der Waals surface area (Å²) in [4.78, 5) is 12.8. The number of nitrogens with zero attached hydrogens (tertiary/aromatic N) is 1. The van der Waals surface area contributed by atoms with E-state index in [1.807, 2.05) is 6.92 Å². The van der Waals surface area contributed by atoms with Crippen molar-refractivity contribution >= 4 is 5.97 Å². The molecule has 0 aromatic rings. The third-order valence-corrected chi connectivity index (χ3v) is 3.06. The molecule has 0 aromatic heterocycles. The second kappa shape index (κ2) is 5.15. The Morgan fingerprint density at radius 1 is 1.44 bits per heavy atom. The molecule has 0 aromatic carbocycles. The summed E-state index contributed by atoms with van der Waals surface area (Å²) in [6.07, 6.45) is 1.18. The first-order chi connectivity index (χ1) is 7.32. The van der Waals surface area contributed by atoms with Crippen LogP contribution in [0.5, 0.6) is 0 Å². The van der Waals surface area contributed by atoms with Gasteiger partial charge >= 0.3 is 5.97 Å². The lowest BCUT2D eigenvalue weighted by molar-refractivity contribution is -0.169. The molecular formula is C12H23NO3. The van der Waals surface area contributed by atoms with Crippen LogP contribution in [0.1, 0.15) is 34.1 Å². The summed E-state index contributed by atoms with van der Waals surface area (Å²) >= 11 is 0. The van der Waals surface area contributed by atoms with Gasteiger partial charge in [0.15, 0.2) is 0 Å². The van der Waals surface area contributed by atoms with Gasteiger partial charge in [0.25, 0.3) is 0 Å². The van der Waals surface area contributed by atoms with Crippen molar-refractivity contribution < 1.29 is 14.6 Å². The second-order valence-corrected chi connectivity index (χ2v) is 5.52. The van der Waals surface area contributed by atoms with Crippen LogP contribution < -0.4 is 0 Å². The summed E-state index contributed by atoms with van der Waals surface area (Å²) in [6, 6.07) is 0.557. The maximum absolute atomic E-state index is 10.4. The Balaban J connectivity index is 2.27. The molecule has 1 aliphatic heterocycles. The predicted molar refractivity (Wildman–Crippen MR) is 62.5 cm³/mol. The number of carboxylic acids is 1. The van der Waals surface area contributed by atoms with Gasteiger partial charge in [-0.25, -0.2) is 4.79 Å². The predicted octanol–water partition coefficient (Wildman–Crippen LogP) is 1.60. The van der Waals surface area contributed by atoms with E-state index in [0.29, 0.717) is 12.0 Å². The molecule has 1 fully saturated rings. The molecule has 1 saturated heterocycles. The number of likely N-dealkylation sites (tertiary alicyclic amines) is 1. The fraction of sp³-hybridized carbons (Fsp3) is 0.917. The Kier molecular flexibility index (Phi) is 4.33.